The van der Waals surface area contributed by atoms with Gasteiger partial charge in [0.05, 0.1) is 5.69 Å². The molecule has 118 valence electrons. The number of aryl methyl sites for hydroxylation is 2. The highest BCUT2D eigenvalue weighted by atomic mass is 19.1. The fourth-order valence-corrected chi connectivity index (χ4v) is 2.45. The Labute approximate surface area is 128 Å². The Kier molecular flexibility index (Phi) is 4.59. The topological polar surface area (TPSA) is 46.9 Å². The number of amides is 1. The average molecular weight is 307 g/mol. The van der Waals surface area contributed by atoms with Crippen LogP contribution in [0.15, 0.2) is 18.2 Å². The summed E-state index contributed by atoms with van der Waals surface area (Å²) >= 11 is 0. The lowest BCUT2D eigenvalue weighted by molar-refractivity contribution is 0.0945. The number of nitrogens with one attached hydrogen (secondary N) is 1. The third-order valence-electron chi connectivity index (χ3n) is 3.58. The van der Waals surface area contributed by atoms with Gasteiger partial charge in [-0.3, -0.25) is 4.79 Å². The highest BCUT2D eigenvalue weighted by molar-refractivity contribution is 5.95. The first-order valence-electron chi connectivity index (χ1n) is 7.07. The summed E-state index contributed by atoms with van der Waals surface area (Å²) in [4.78, 5) is 12.1. The number of carbonyl (C=O) groups is 1. The van der Waals surface area contributed by atoms with Gasteiger partial charge in [0.2, 0.25) is 5.95 Å². The lowest BCUT2D eigenvalue weighted by atomic mass is 9.96. The second-order valence-corrected chi connectivity index (χ2v) is 5.52. The van der Waals surface area contributed by atoms with Crippen molar-refractivity contribution in [2.45, 2.75) is 33.2 Å². The van der Waals surface area contributed by atoms with Crippen LogP contribution < -0.4 is 5.32 Å². The Morgan fingerprint density at radius 3 is 2.59 bits per heavy atom. The molecule has 22 heavy (non-hydrogen) atoms. The van der Waals surface area contributed by atoms with Gasteiger partial charge in [-0.05, 0) is 24.5 Å². The number of hydrogen-bond acceptors (Lipinski definition) is 2. The van der Waals surface area contributed by atoms with Crippen LogP contribution in [-0.4, -0.2) is 15.7 Å². The predicted molar refractivity (Wildman–Crippen MR) is 79.6 cm³/mol. The van der Waals surface area contributed by atoms with Gasteiger partial charge in [-0.1, -0.05) is 26.0 Å². The molecule has 0 fully saturated rings. The summed E-state index contributed by atoms with van der Waals surface area (Å²) in [7, 11) is 1.42. The predicted octanol–water partition coefficient (Wildman–Crippen LogP) is 3.06. The number of aromatic nitrogens is 2. The van der Waals surface area contributed by atoms with E-state index in [0.717, 1.165) is 10.2 Å². The van der Waals surface area contributed by atoms with E-state index >= 15 is 0 Å². The molecule has 0 aliphatic heterocycles. The second kappa shape index (κ2) is 6.25. The Balaban J connectivity index is 2.22. The molecule has 0 saturated heterocycles. The van der Waals surface area contributed by atoms with Crippen molar-refractivity contribution in [3.05, 3.63) is 52.3 Å². The van der Waals surface area contributed by atoms with Gasteiger partial charge in [0.1, 0.15) is 11.4 Å². The lowest BCUT2D eigenvalue weighted by Gasteiger charge is -2.14. The standard InChI is InChI=1S/C16H19F2N3O/c1-9(2)11-6-5-7-13(17)12(11)8-19-16(22)14-10(3)20-21(4)15(14)18/h5-7,9H,8H2,1-4H3,(H,19,22). The normalized spacial score (nSPS) is 11.0. The van der Waals surface area contributed by atoms with Crippen molar-refractivity contribution in [3.8, 4) is 0 Å². The fraction of sp³-hybridized carbons (Fsp3) is 0.375. The Hall–Kier alpha value is -2.24. The van der Waals surface area contributed by atoms with Crippen molar-refractivity contribution < 1.29 is 13.6 Å². The first kappa shape index (κ1) is 16.1. The van der Waals surface area contributed by atoms with Crippen molar-refractivity contribution in [2.75, 3.05) is 0 Å². The van der Waals surface area contributed by atoms with Gasteiger partial charge in [-0.15, -0.1) is 0 Å². The smallest absolute Gasteiger partial charge is 0.258 e. The molecule has 4 nitrogen and oxygen atoms in total. The molecule has 1 aromatic carbocycles. The zero-order valence-electron chi connectivity index (χ0n) is 13.1. The van der Waals surface area contributed by atoms with Crippen molar-refractivity contribution >= 4 is 5.91 Å². The van der Waals surface area contributed by atoms with Gasteiger partial charge in [0.15, 0.2) is 0 Å². The lowest BCUT2D eigenvalue weighted by Crippen LogP contribution is -2.25. The Morgan fingerprint density at radius 2 is 2.05 bits per heavy atom. The van der Waals surface area contributed by atoms with E-state index in [2.05, 4.69) is 10.4 Å². The summed E-state index contributed by atoms with van der Waals surface area (Å²) in [5.74, 6) is -1.55. The van der Waals surface area contributed by atoms with Crippen LogP contribution in [-0.2, 0) is 13.6 Å². The van der Waals surface area contributed by atoms with Crippen LogP contribution in [0.1, 0.15) is 46.9 Å². The monoisotopic (exact) mass is 307 g/mol. The number of benzene rings is 1. The average Bonchev–Trinajstić information content (AvgIpc) is 2.70. The first-order chi connectivity index (χ1) is 10.3. The number of hydrogen-bond donors (Lipinski definition) is 1. The fourth-order valence-electron chi connectivity index (χ4n) is 2.45. The molecule has 0 bridgehead atoms. The molecule has 0 saturated carbocycles. The Morgan fingerprint density at radius 1 is 1.36 bits per heavy atom. The maximum atomic E-state index is 14.0. The zero-order chi connectivity index (χ0) is 16.4. The summed E-state index contributed by atoms with van der Waals surface area (Å²) < 4.78 is 28.8. The minimum absolute atomic E-state index is 0.00674. The van der Waals surface area contributed by atoms with Crippen molar-refractivity contribution in [1.29, 1.82) is 0 Å². The van der Waals surface area contributed by atoms with E-state index in [0.29, 0.717) is 11.3 Å². The number of rotatable bonds is 4. The van der Waals surface area contributed by atoms with Crippen molar-refractivity contribution in [2.24, 2.45) is 7.05 Å². The van der Waals surface area contributed by atoms with Gasteiger partial charge in [0, 0.05) is 19.2 Å². The highest BCUT2D eigenvalue weighted by Crippen LogP contribution is 2.22. The summed E-state index contributed by atoms with van der Waals surface area (Å²) in [6, 6.07) is 4.81. The Bertz CT molecular complexity index is 708. The van der Waals surface area contributed by atoms with E-state index in [1.807, 2.05) is 19.9 Å². The molecule has 0 spiro atoms. The van der Waals surface area contributed by atoms with Crippen LogP contribution in [0.2, 0.25) is 0 Å². The van der Waals surface area contributed by atoms with E-state index in [1.54, 1.807) is 13.0 Å². The summed E-state index contributed by atoms with van der Waals surface area (Å²) in [6.45, 7) is 5.46. The van der Waals surface area contributed by atoms with Crippen LogP contribution in [0.5, 0.6) is 0 Å². The molecule has 0 radical (unpaired) electrons. The van der Waals surface area contributed by atoms with E-state index < -0.39 is 11.9 Å². The SMILES string of the molecule is Cc1nn(C)c(F)c1C(=O)NCc1c(F)cccc1C(C)C. The van der Waals surface area contributed by atoms with Crippen LogP contribution in [0.4, 0.5) is 8.78 Å². The molecule has 1 heterocycles. The molecule has 0 aliphatic carbocycles. The maximum absolute atomic E-state index is 14.0. The molecular formula is C16H19F2N3O. The van der Waals surface area contributed by atoms with Gasteiger partial charge in [0.25, 0.3) is 5.91 Å². The van der Waals surface area contributed by atoms with E-state index in [1.165, 1.54) is 13.1 Å². The minimum Gasteiger partial charge on any atom is -0.348 e. The van der Waals surface area contributed by atoms with E-state index in [-0.39, 0.29) is 23.8 Å². The minimum atomic E-state index is -0.701. The molecule has 0 atom stereocenters. The third-order valence-corrected chi connectivity index (χ3v) is 3.58. The van der Waals surface area contributed by atoms with Crippen LogP contribution in [0.3, 0.4) is 0 Å². The van der Waals surface area contributed by atoms with Gasteiger partial charge in [-0.2, -0.15) is 9.49 Å². The van der Waals surface area contributed by atoms with Gasteiger partial charge < -0.3 is 5.32 Å². The number of carbonyl (C=O) groups excluding carboxylic acids is 1. The van der Waals surface area contributed by atoms with Crippen molar-refractivity contribution in [3.63, 3.8) is 0 Å². The molecule has 1 N–H and O–H groups in total. The highest BCUT2D eigenvalue weighted by Gasteiger charge is 2.21. The van der Waals surface area contributed by atoms with Crippen molar-refractivity contribution in [1.82, 2.24) is 15.1 Å². The maximum Gasteiger partial charge on any atom is 0.258 e. The van der Waals surface area contributed by atoms with Crippen LogP contribution in [0.25, 0.3) is 0 Å². The number of nitrogens with zero attached hydrogens (tertiary/aromatic N) is 2. The third kappa shape index (κ3) is 3.00. The molecule has 6 heteroatoms. The largest absolute Gasteiger partial charge is 0.348 e. The molecule has 0 aliphatic rings. The first-order valence-corrected chi connectivity index (χ1v) is 7.07. The van der Waals surface area contributed by atoms with E-state index in [4.69, 9.17) is 0 Å². The quantitative estimate of drug-likeness (QED) is 0.943. The number of halogens is 2. The summed E-state index contributed by atoms with van der Waals surface area (Å²) in [5, 5.41) is 6.43. The van der Waals surface area contributed by atoms with Gasteiger partial charge >= 0.3 is 0 Å². The molecule has 2 rings (SSSR count). The molecule has 1 aromatic heterocycles. The molecule has 2 aromatic rings. The zero-order valence-corrected chi connectivity index (χ0v) is 13.1. The van der Waals surface area contributed by atoms with Gasteiger partial charge in [-0.25, -0.2) is 9.07 Å². The van der Waals surface area contributed by atoms with Crippen LogP contribution in [0, 0.1) is 18.7 Å². The molecular weight excluding hydrogens is 288 g/mol. The van der Waals surface area contributed by atoms with Crippen LogP contribution >= 0.6 is 0 Å². The van der Waals surface area contributed by atoms with E-state index in [9.17, 15) is 13.6 Å². The second-order valence-electron chi connectivity index (χ2n) is 5.52. The summed E-state index contributed by atoms with van der Waals surface area (Å²) in [5.41, 5.74) is 1.44. The summed E-state index contributed by atoms with van der Waals surface area (Å²) in [6.07, 6.45) is 0. The molecule has 1 amide bonds. The molecule has 0 unspecified atom stereocenters.